The summed E-state index contributed by atoms with van der Waals surface area (Å²) in [6.07, 6.45) is 2.17. The van der Waals surface area contributed by atoms with Crippen LogP contribution in [0, 0.1) is 0 Å². The third-order valence-corrected chi connectivity index (χ3v) is 4.08. The number of amides is 1. The van der Waals surface area contributed by atoms with Gasteiger partial charge in [0.15, 0.2) is 6.10 Å². The Kier molecular flexibility index (Phi) is 5.06. The molecule has 0 aliphatic rings. The van der Waals surface area contributed by atoms with Gasteiger partial charge in [0.1, 0.15) is 5.75 Å². The van der Waals surface area contributed by atoms with Gasteiger partial charge < -0.3 is 15.0 Å². The van der Waals surface area contributed by atoms with Crippen molar-refractivity contribution in [2.45, 2.75) is 19.4 Å². The van der Waals surface area contributed by atoms with Crippen LogP contribution in [-0.2, 0) is 11.2 Å². The molecule has 2 N–H and O–H groups in total. The van der Waals surface area contributed by atoms with Crippen molar-refractivity contribution >= 4 is 28.4 Å². The molecule has 0 spiro atoms. The molecule has 0 radical (unpaired) electrons. The molecule has 1 heterocycles. The number of carbonyl (C=O) groups is 1. The maximum Gasteiger partial charge on any atom is 0.260 e. The van der Waals surface area contributed by atoms with Gasteiger partial charge in [0.2, 0.25) is 0 Å². The number of halogens is 1. The van der Waals surface area contributed by atoms with E-state index in [1.54, 1.807) is 31.2 Å². The lowest BCUT2D eigenvalue weighted by Crippen LogP contribution is -2.37. The van der Waals surface area contributed by atoms with Crippen molar-refractivity contribution in [1.29, 1.82) is 0 Å². The highest BCUT2D eigenvalue weighted by molar-refractivity contribution is 6.30. The number of aromatic amines is 1. The lowest BCUT2D eigenvalue weighted by atomic mass is 10.1. The standard InChI is InChI=1S/C19H19ClN2O2/c1-13(24-16-6-4-5-15(20)11-16)19(23)21-10-9-14-12-22-18-8-3-2-7-17(14)18/h2-8,11-13,22H,9-10H2,1H3,(H,21,23). The van der Waals surface area contributed by atoms with E-state index in [2.05, 4.69) is 16.4 Å². The third-order valence-electron chi connectivity index (χ3n) is 3.85. The molecule has 1 aromatic heterocycles. The third kappa shape index (κ3) is 3.89. The topological polar surface area (TPSA) is 54.1 Å². The normalized spacial score (nSPS) is 12.1. The average Bonchev–Trinajstić information content (AvgIpc) is 2.98. The Hall–Kier alpha value is -2.46. The van der Waals surface area contributed by atoms with E-state index in [4.69, 9.17) is 16.3 Å². The first-order valence-corrected chi connectivity index (χ1v) is 8.26. The predicted molar refractivity (Wildman–Crippen MR) is 96.6 cm³/mol. The predicted octanol–water partition coefficient (Wildman–Crippen LogP) is 3.95. The minimum Gasteiger partial charge on any atom is -0.481 e. The van der Waals surface area contributed by atoms with Crippen LogP contribution in [0.2, 0.25) is 5.02 Å². The Labute approximate surface area is 145 Å². The van der Waals surface area contributed by atoms with Crippen LogP contribution in [-0.4, -0.2) is 23.5 Å². The molecule has 0 saturated heterocycles. The molecular formula is C19H19ClN2O2. The second-order valence-electron chi connectivity index (χ2n) is 5.62. The van der Waals surface area contributed by atoms with Crippen molar-refractivity contribution in [2.24, 2.45) is 0 Å². The quantitative estimate of drug-likeness (QED) is 0.712. The molecule has 3 aromatic rings. The number of H-pyrrole nitrogens is 1. The van der Waals surface area contributed by atoms with E-state index in [1.165, 1.54) is 10.9 Å². The molecule has 3 rings (SSSR count). The second-order valence-corrected chi connectivity index (χ2v) is 6.05. The van der Waals surface area contributed by atoms with Crippen molar-refractivity contribution in [3.63, 3.8) is 0 Å². The summed E-state index contributed by atoms with van der Waals surface area (Å²) in [5.74, 6) is 0.441. The van der Waals surface area contributed by atoms with E-state index in [0.717, 1.165) is 11.9 Å². The smallest absolute Gasteiger partial charge is 0.260 e. The molecule has 0 saturated carbocycles. The van der Waals surface area contributed by atoms with E-state index in [0.29, 0.717) is 17.3 Å². The van der Waals surface area contributed by atoms with E-state index in [1.807, 2.05) is 24.4 Å². The lowest BCUT2D eigenvalue weighted by Gasteiger charge is -2.14. The first kappa shape index (κ1) is 16.4. The molecule has 2 aromatic carbocycles. The van der Waals surface area contributed by atoms with Crippen LogP contribution >= 0.6 is 11.6 Å². The number of ether oxygens (including phenoxy) is 1. The van der Waals surface area contributed by atoms with Crippen LogP contribution in [0.1, 0.15) is 12.5 Å². The number of aromatic nitrogens is 1. The molecule has 124 valence electrons. The van der Waals surface area contributed by atoms with E-state index >= 15 is 0 Å². The average molecular weight is 343 g/mol. The van der Waals surface area contributed by atoms with Gasteiger partial charge >= 0.3 is 0 Å². The maximum absolute atomic E-state index is 12.1. The first-order chi connectivity index (χ1) is 11.6. The van der Waals surface area contributed by atoms with Gasteiger partial charge in [-0.1, -0.05) is 35.9 Å². The van der Waals surface area contributed by atoms with Crippen LogP contribution in [0.4, 0.5) is 0 Å². The highest BCUT2D eigenvalue weighted by Crippen LogP contribution is 2.19. The summed E-state index contributed by atoms with van der Waals surface area (Å²) in [6.45, 7) is 2.28. The Balaban J connectivity index is 1.51. The number of rotatable bonds is 6. The number of fused-ring (bicyclic) bond motifs is 1. The highest BCUT2D eigenvalue weighted by Gasteiger charge is 2.14. The van der Waals surface area contributed by atoms with Crippen LogP contribution < -0.4 is 10.1 Å². The number of hydrogen-bond acceptors (Lipinski definition) is 2. The lowest BCUT2D eigenvalue weighted by molar-refractivity contribution is -0.127. The van der Waals surface area contributed by atoms with Crippen molar-refractivity contribution in [3.8, 4) is 5.75 Å². The molecule has 4 nitrogen and oxygen atoms in total. The largest absolute Gasteiger partial charge is 0.481 e. The van der Waals surface area contributed by atoms with Crippen LogP contribution in [0.5, 0.6) is 5.75 Å². The van der Waals surface area contributed by atoms with Crippen molar-refractivity contribution < 1.29 is 9.53 Å². The summed E-state index contributed by atoms with van der Waals surface area (Å²) in [4.78, 5) is 15.4. The summed E-state index contributed by atoms with van der Waals surface area (Å²) >= 11 is 5.91. The first-order valence-electron chi connectivity index (χ1n) is 7.88. The summed E-state index contributed by atoms with van der Waals surface area (Å²) in [7, 11) is 0. The number of hydrogen-bond donors (Lipinski definition) is 2. The highest BCUT2D eigenvalue weighted by atomic mass is 35.5. The molecular weight excluding hydrogens is 324 g/mol. The van der Waals surface area contributed by atoms with Gasteiger partial charge in [-0.05, 0) is 43.2 Å². The molecule has 1 unspecified atom stereocenters. The van der Waals surface area contributed by atoms with Gasteiger partial charge in [0.05, 0.1) is 0 Å². The zero-order valence-corrected chi connectivity index (χ0v) is 14.1. The van der Waals surface area contributed by atoms with Crippen LogP contribution in [0.25, 0.3) is 10.9 Å². The Morgan fingerprint density at radius 2 is 2.08 bits per heavy atom. The van der Waals surface area contributed by atoms with Gasteiger partial charge in [-0.2, -0.15) is 0 Å². The van der Waals surface area contributed by atoms with Crippen molar-refractivity contribution in [2.75, 3.05) is 6.54 Å². The van der Waals surface area contributed by atoms with E-state index < -0.39 is 6.10 Å². The molecule has 0 aliphatic carbocycles. The molecule has 1 amide bonds. The number of benzene rings is 2. The van der Waals surface area contributed by atoms with Crippen LogP contribution in [0.3, 0.4) is 0 Å². The van der Waals surface area contributed by atoms with E-state index in [-0.39, 0.29) is 5.91 Å². The number of carbonyl (C=O) groups excluding carboxylic acids is 1. The van der Waals surface area contributed by atoms with Gasteiger partial charge in [0, 0.05) is 28.7 Å². The summed E-state index contributed by atoms with van der Waals surface area (Å²) in [5, 5.41) is 4.68. The fourth-order valence-corrected chi connectivity index (χ4v) is 2.78. The van der Waals surface area contributed by atoms with Gasteiger partial charge in [0.25, 0.3) is 5.91 Å². The number of nitrogens with one attached hydrogen (secondary N) is 2. The van der Waals surface area contributed by atoms with Crippen molar-refractivity contribution in [1.82, 2.24) is 10.3 Å². The summed E-state index contributed by atoms with van der Waals surface area (Å²) < 4.78 is 5.61. The molecule has 0 bridgehead atoms. The van der Waals surface area contributed by atoms with Crippen molar-refractivity contribution in [3.05, 3.63) is 65.3 Å². The van der Waals surface area contributed by atoms with Gasteiger partial charge in [-0.3, -0.25) is 4.79 Å². The summed E-state index contributed by atoms with van der Waals surface area (Å²) in [5.41, 5.74) is 2.30. The molecule has 1 atom stereocenters. The zero-order valence-electron chi connectivity index (χ0n) is 13.4. The number of para-hydroxylation sites is 1. The maximum atomic E-state index is 12.1. The minimum atomic E-state index is -0.577. The SMILES string of the molecule is CC(Oc1cccc(Cl)c1)C(=O)NCCc1c[nH]c2ccccc12. The monoisotopic (exact) mass is 342 g/mol. The molecule has 0 fully saturated rings. The fourth-order valence-electron chi connectivity index (χ4n) is 2.60. The Morgan fingerprint density at radius 3 is 2.92 bits per heavy atom. The summed E-state index contributed by atoms with van der Waals surface area (Å²) in [6, 6.07) is 15.2. The second kappa shape index (κ2) is 7.41. The fraction of sp³-hybridized carbons (Fsp3) is 0.211. The Morgan fingerprint density at radius 1 is 1.25 bits per heavy atom. The van der Waals surface area contributed by atoms with Gasteiger partial charge in [-0.15, -0.1) is 0 Å². The minimum absolute atomic E-state index is 0.144. The molecule has 24 heavy (non-hydrogen) atoms. The van der Waals surface area contributed by atoms with Gasteiger partial charge in [-0.25, -0.2) is 0 Å². The molecule has 5 heteroatoms. The van der Waals surface area contributed by atoms with Crippen LogP contribution in [0.15, 0.2) is 54.7 Å². The zero-order chi connectivity index (χ0) is 16.9. The Bertz CT molecular complexity index is 844. The molecule has 0 aliphatic heterocycles. The van der Waals surface area contributed by atoms with E-state index in [9.17, 15) is 4.79 Å².